The van der Waals surface area contributed by atoms with Crippen LogP contribution in [0.2, 0.25) is 0 Å². The summed E-state index contributed by atoms with van der Waals surface area (Å²) in [4.78, 5) is 4.41. The first-order valence-electron chi connectivity index (χ1n) is 6.95. The van der Waals surface area contributed by atoms with Crippen LogP contribution in [-0.4, -0.2) is 43.6 Å². The zero-order valence-corrected chi connectivity index (χ0v) is 13.9. The van der Waals surface area contributed by atoms with Crippen molar-refractivity contribution in [2.24, 2.45) is 0 Å². The maximum absolute atomic E-state index is 5.57. The summed E-state index contributed by atoms with van der Waals surface area (Å²) >= 11 is 0. The first-order valence-corrected chi connectivity index (χ1v) is 6.95. The lowest BCUT2D eigenvalue weighted by Crippen LogP contribution is -2.24. The van der Waals surface area contributed by atoms with E-state index in [2.05, 4.69) is 22.4 Å². The zero-order valence-electron chi connectivity index (χ0n) is 13.0. The van der Waals surface area contributed by atoms with Crippen molar-refractivity contribution in [3.8, 4) is 17.2 Å². The first kappa shape index (κ1) is 18.4. The summed E-state index contributed by atoms with van der Waals surface area (Å²) in [5.41, 5.74) is 0.848. The Morgan fingerprint density at radius 2 is 2.14 bits per heavy atom. The Kier molecular flexibility index (Phi) is 7.87. The van der Waals surface area contributed by atoms with Gasteiger partial charge in [0.1, 0.15) is 12.4 Å². The quantitative estimate of drug-likeness (QED) is 0.750. The van der Waals surface area contributed by atoms with Crippen LogP contribution in [0, 0.1) is 0 Å². The minimum Gasteiger partial charge on any atom is -0.491 e. The first-order chi connectivity index (χ1) is 10.2. The van der Waals surface area contributed by atoms with Gasteiger partial charge in [0.15, 0.2) is 5.82 Å². The van der Waals surface area contributed by atoms with Gasteiger partial charge in [0, 0.05) is 25.1 Å². The molecule has 1 unspecified atom stereocenters. The van der Waals surface area contributed by atoms with Gasteiger partial charge in [0.25, 0.3) is 5.89 Å². The molecule has 1 heterocycles. The van der Waals surface area contributed by atoms with Crippen molar-refractivity contribution in [2.75, 3.05) is 27.4 Å². The number of methoxy groups -OCH3 is 1. The third-order valence-electron chi connectivity index (χ3n) is 3.09. The molecule has 22 heavy (non-hydrogen) atoms. The fourth-order valence-corrected chi connectivity index (χ4v) is 1.79. The summed E-state index contributed by atoms with van der Waals surface area (Å²) in [7, 11) is 3.55. The van der Waals surface area contributed by atoms with Crippen LogP contribution in [0.15, 0.2) is 28.8 Å². The molecule has 122 valence electrons. The average Bonchev–Trinajstić information content (AvgIpc) is 2.96. The molecule has 2 rings (SSSR count). The second-order valence-corrected chi connectivity index (χ2v) is 4.78. The van der Waals surface area contributed by atoms with Crippen molar-refractivity contribution in [1.29, 1.82) is 0 Å². The minimum atomic E-state index is 0. The molecule has 0 bridgehead atoms. The van der Waals surface area contributed by atoms with E-state index >= 15 is 0 Å². The van der Waals surface area contributed by atoms with Crippen LogP contribution < -0.4 is 10.1 Å². The van der Waals surface area contributed by atoms with Crippen LogP contribution in [-0.2, 0) is 11.2 Å². The Bertz CT molecular complexity index is 562. The van der Waals surface area contributed by atoms with Gasteiger partial charge in [-0.25, -0.2) is 0 Å². The predicted octanol–water partition coefficient (Wildman–Crippen LogP) is 2.33. The third kappa shape index (κ3) is 5.29. The molecule has 1 aromatic carbocycles. The molecule has 0 spiro atoms. The van der Waals surface area contributed by atoms with Crippen molar-refractivity contribution in [1.82, 2.24) is 15.5 Å². The van der Waals surface area contributed by atoms with Crippen LogP contribution in [0.4, 0.5) is 0 Å². The van der Waals surface area contributed by atoms with Gasteiger partial charge in [0.05, 0.1) is 6.61 Å². The van der Waals surface area contributed by atoms with Crippen LogP contribution in [0.25, 0.3) is 11.5 Å². The lowest BCUT2D eigenvalue weighted by atomic mass is 10.2. The van der Waals surface area contributed by atoms with Crippen molar-refractivity contribution in [3.05, 3.63) is 30.1 Å². The number of likely N-dealkylation sites (N-methyl/N-ethyl adjacent to an activating group) is 1. The molecule has 0 amide bonds. The lowest BCUT2D eigenvalue weighted by Gasteiger charge is -2.06. The Morgan fingerprint density at radius 1 is 1.32 bits per heavy atom. The van der Waals surface area contributed by atoms with Crippen molar-refractivity contribution in [2.45, 2.75) is 19.4 Å². The molecule has 2 aromatic rings. The average molecular weight is 328 g/mol. The highest BCUT2D eigenvalue weighted by Gasteiger charge is 2.11. The maximum Gasteiger partial charge on any atom is 0.258 e. The van der Waals surface area contributed by atoms with Gasteiger partial charge < -0.3 is 19.3 Å². The van der Waals surface area contributed by atoms with Gasteiger partial charge in [0.2, 0.25) is 0 Å². The summed E-state index contributed by atoms with van der Waals surface area (Å²) in [6.07, 6.45) is 0.726. The molecule has 6 nitrogen and oxygen atoms in total. The Labute approximate surface area is 136 Å². The fourth-order valence-electron chi connectivity index (χ4n) is 1.79. The fraction of sp³-hybridized carbons (Fsp3) is 0.467. The maximum atomic E-state index is 5.57. The Morgan fingerprint density at radius 3 is 2.86 bits per heavy atom. The molecule has 1 aromatic heterocycles. The summed E-state index contributed by atoms with van der Waals surface area (Å²) < 4.78 is 15.8. The van der Waals surface area contributed by atoms with E-state index in [1.807, 2.05) is 31.3 Å². The number of aromatic nitrogens is 2. The largest absolute Gasteiger partial charge is 0.491 e. The number of hydrogen-bond donors (Lipinski definition) is 1. The van der Waals surface area contributed by atoms with Gasteiger partial charge in [-0.3, -0.25) is 0 Å². The number of rotatable bonds is 8. The normalized spacial score (nSPS) is 11.8. The monoisotopic (exact) mass is 327 g/mol. The van der Waals surface area contributed by atoms with Crippen molar-refractivity contribution >= 4 is 12.4 Å². The van der Waals surface area contributed by atoms with Gasteiger partial charge >= 0.3 is 0 Å². The second kappa shape index (κ2) is 9.40. The molecule has 0 saturated carbocycles. The van der Waals surface area contributed by atoms with Crippen molar-refractivity contribution < 1.29 is 14.0 Å². The summed E-state index contributed by atoms with van der Waals surface area (Å²) in [5, 5.41) is 7.15. The van der Waals surface area contributed by atoms with Crippen LogP contribution in [0.5, 0.6) is 5.75 Å². The summed E-state index contributed by atoms with van der Waals surface area (Å²) in [6, 6.07) is 7.90. The van der Waals surface area contributed by atoms with Gasteiger partial charge in [-0.05, 0) is 32.2 Å². The number of nitrogens with zero attached hydrogens (tertiary/aromatic N) is 2. The van der Waals surface area contributed by atoms with Crippen molar-refractivity contribution in [3.63, 3.8) is 0 Å². The van der Waals surface area contributed by atoms with Crippen LogP contribution >= 0.6 is 12.4 Å². The van der Waals surface area contributed by atoms with E-state index in [1.165, 1.54) is 0 Å². The molecule has 7 heteroatoms. The smallest absolute Gasteiger partial charge is 0.258 e. The molecule has 0 radical (unpaired) electrons. The highest BCUT2D eigenvalue weighted by molar-refractivity contribution is 5.85. The Hall–Kier alpha value is -1.63. The van der Waals surface area contributed by atoms with E-state index in [-0.39, 0.29) is 12.4 Å². The van der Waals surface area contributed by atoms with E-state index in [0.717, 1.165) is 17.7 Å². The molecular weight excluding hydrogens is 306 g/mol. The van der Waals surface area contributed by atoms with E-state index < -0.39 is 0 Å². The number of halogens is 1. The van der Waals surface area contributed by atoms with Crippen LogP contribution in [0.1, 0.15) is 12.7 Å². The van der Waals surface area contributed by atoms with Gasteiger partial charge in [-0.1, -0.05) is 11.2 Å². The molecule has 0 aliphatic heterocycles. The highest BCUT2D eigenvalue weighted by atomic mass is 35.5. The standard InChI is InChI=1S/C15H21N3O3.ClH/c1-11(16-2)9-14-17-15(21-18-14)12-5-4-6-13(10-12)20-8-7-19-3;/h4-6,10-11,16H,7-9H2,1-3H3;1H. The number of hydrogen-bond acceptors (Lipinski definition) is 6. The molecule has 1 atom stereocenters. The molecular formula is C15H22ClN3O3. The van der Waals surface area contributed by atoms with E-state index in [4.69, 9.17) is 14.0 Å². The number of ether oxygens (including phenoxy) is 2. The summed E-state index contributed by atoms with van der Waals surface area (Å²) in [6.45, 7) is 3.13. The minimum absolute atomic E-state index is 0. The van der Waals surface area contributed by atoms with Gasteiger partial charge in [-0.2, -0.15) is 4.98 Å². The van der Waals surface area contributed by atoms with E-state index in [1.54, 1.807) is 7.11 Å². The zero-order chi connectivity index (χ0) is 15.1. The number of benzene rings is 1. The van der Waals surface area contributed by atoms with Gasteiger partial charge in [-0.15, -0.1) is 12.4 Å². The predicted molar refractivity (Wildman–Crippen MR) is 86.6 cm³/mol. The van der Waals surface area contributed by atoms with Crippen LogP contribution in [0.3, 0.4) is 0 Å². The van der Waals surface area contributed by atoms with E-state index in [0.29, 0.717) is 31.0 Å². The van der Waals surface area contributed by atoms with E-state index in [9.17, 15) is 0 Å². The molecule has 0 fully saturated rings. The lowest BCUT2D eigenvalue weighted by molar-refractivity contribution is 0.146. The number of nitrogens with one attached hydrogen (secondary N) is 1. The molecule has 1 N–H and O–H groups in total. The Balaban J connectivity index is 0.00000242. The molecule has 0 aliphatic carbocycles. The topological polar surface area (TPSA) is 69.4 Å². The molecule has 0 saturated heterocycles. The summed E-state index contributed by atoms with van der Waals surface area (Å²) in [5.74, 6) is 1.95. The highest BCUT2D eigenvalue weighted by Crippen LogP contribution is 2.22. The third-order valence-corrected chi connectivity index (χ3v) is 3.09. The second-order valence-electron chi connectivity index (χ2n) is 4.78. The SMILES string of the molecule is CNC(C)Cc1noc(-c2cccc(OCCOC)c2)n1.Cl. The molecule has 0 aliphatic rings.